The number of ether oxygens (including phenoxy) is 1. The predicted molar refractivity (Wildman–Crippen MR) is 103 cm³/mol. The van der Waals surface area contributed by atoms with E-state index in [1.54, 1.807) is 12.1 Å². The third kappa shape index (κ3) is 6.62. The van der Waals surface area contributed by atoms with Gasteiger partial charge in [0.15, 0.2) is 6.61 Å². The van der Waals surface area contributed by atoms with Gasteiger partial charge >= 0.3 is 5.97 Å². The predicted octanol–water partition coefficient (Wildman–Crippen LogP) is 2.92. The molecule has 1 amide bonds. The van der Waals surface area contributed by atoms with Gasteiger partial charge in [0, 0.05) is 25.2 Å². The number of esters is 1. The van der Waals surface area contributed by atoms with Crippen LogP contribution in [0.3, 0.4) is 0 Å². The first-order valence-electron chi connectivity index (χ1n) is 9.49. The normalized spacial score (nSPS) is 15.7. The minimum Gasteiger partial charge on any atom is -0.456 e. The van der Waals surface area contributed by atoms with E-state index in [-0.39, 0.29) is 11.5 Å². The van der Waals surface area contributed by atoms with E-state index < -0.39 is 21.9 Å². The van der Waals surface area contributed by atoms with Crippen molar-refractivity contribution in [2.45, 2.75) is 56.8 Å². The summed E-state index contributed by atoms with van der Waals surface area (Å²) in [5.74, 6) is -0.853. The Morgan fingerprint density at radius 1 is 1.07 bits per heavy atom. The summed E-state index contributed by atoms with van der Waals surface area (Å²) in [6.07, 6.45) is 5.78. The van der Waals surface area contributed by atoms with Crippen LogP contribution in [0.15, 0.2) is 29.2 Å². The summed E-state index contributed by atoms with van der Waals surface area (Å²) < 4.78 is 31.9. The number of rotatable bonds is 8. The number of nitrogens with zero attached hydrogens (tertiary/aromatic N) is 1. The fraction of sp³-hybridized carbons (Fsp3) is 0.579. The van der Waals surface area contributed by atoms with Gasteiger partial charge in [-0.05, 0) is 43.5 Å². The highest BCUT2D eigenvalue weighted by Crippen LogP contribution is 2.21. The molecular weight excluding hydrogens is 368 g/mol. The second-order valence-corrected chi connectivity index (χ2v) is 8.59. The number of benzene rings is 1. The molecule has 1 N–H and O–H groups in total. The van der Waals surface area contributed by atoms with Crippen molar-refractivity contribution in [2.75, 3.05) is 25.0 Å². The number of carbonyl (C=O) groups is 2. The summed E-state index contributed by atoms with van der Waals surface area (Å²) >= 11 is 0. The van der Waals surface area contributed by atoms with Crippen molar-refractivity contribution in [1.82, 2.24) is 4.31 Å². The molecule has 7 nitrogen and oxygen atoms in total. The smallest absolute Gasteiger partial charge is 0.306 e. The molecule has 0 bridgehead atoms. The SMILES string of the molecule is CCCCC(=O)OCC(=O)Nc1ccc(S(=O)(=O)N2CCCCCC2)cc1. The van der Waals surface area contributed by atoms with Crippen LogP contribution in [0.2, 0.25) is 0 Å². The van der Waals surface area contributed by atoms with Crippen molar-refractivity contribution in [2.24, 2.45) is 0 Å². The molecule has 0 radical (unpaired) electrons. The van der Waals surface area contributed by atoms with Crippen LogP contribution in [-0.4, -0.2) is 44.3 Å². The fourth-order valence-corrected chi connectivity index (χ4v) is 4.39. The lowest BCUT2D eigenvalue weighted by Gasteiger charge is -2.20. The van der Waals surface area contributed by atoms with Gasteiger partial charge in [0.05, 0.1) is 4.90 Å². The molecular formula is C19H28N2O5S. The molecule has 1 fully saturated rings. The average molecular weight is 397 g/mol. The van der Waals surface area contributed by atoms with E-state index in [2.05, 4.69) is 5.32 Å². The Morgan fingerprint density at radius 3 is 2.30 bits per heavy atom. The number of carbonyl (C=O) groups excluding carboxylic acids is 2. The van der Waals surface area contributed by atoms with E-state index in [4.69, 9.17) is 4.74 Å². The van der Waals surface area contributed by atoms with Gasteiger partial charge in [0.1, 0.15) is 0 Å². The van der Waals surface area contributed by atoms with E-state index in [0.29, 0.717) is 25.2 Å². The Bertz CT molecular complexity index is 723. The first-order chi connectivity index (χ1) is 12.9. The molecule has 1 aliphatic rings. The lowest BCUT2D eigenvalue weighted by atomic mass is 10.2. The van der Waals surface area contributed by atoms with Crippen LogP contribution in [0.5, 0.6) is 0 Å². The van der Waals surface area contributed by atoms with Crippen molar-refractivity contribution < 1.29 is 22.7 Å². The van der Waals surface area contributed by atoms with Crippen LogP contribution in [0, 0.1) is 0 Å². The summed E-state index contributed by atoms with van der Waals surface area (Å²) in [7, 11) is -3.51. The molecule has 0 unspecified atom stereocenters. The maximum Gasteiger partial charge on any atom is 0.306 e. The maximum absolute atomic E-state index is 12.7. The van der Waals surface area contributed by atoms with Crippen LogP contribution >= 0.6 is 0 Å². The Morgan fingerprint density at radius 2 is 1.70 bits per heavy atom. The number of anilines is 1. The largest absolute Gasteiger partial charge is 0.456 e. The van der Waals surface area contributed by atoms with Crippen molar-refractivity contribution in [3.05, 3.63) is 24.3 Å². The summed E-state index contributed by atoms with van der Waals surface area (Å²) in [5, 5.41) is 2.60. The van der Waals surface area contributed by atoms with Gasteiger partial charge in [0.2, 0.25) is 10.0 Å². The number of nitrogens with one attached hydrogen (secondary N) is 1. The molecule has 0 aliphatic carbocycles. The molecule has 0 spiro atoms. The van der Waals surface area contributed by atoms with Gasteiger partial charge < -0.3 is 10.1 Å². The Balaban J connectivity index is 1.90. The fourth-order valence-electron chi connectivity index (χ4n) is 2.88. The van der Waals surface area contributed by atoms with E-state index in [0.717, 1.165) is 38.5 Å². The molecule has 0 atom stereocenters. The van der Waals surface area contributed by atoms with Gasteiger partial charge in [-0.2, -0.15) is 4.31 Å². The molecule has 27 heavy (non-hydrogen) atoms. The van der Waals surface area contributed by atoms with Crippen molar-refractivity contribution >= 4 is 27.6 Å². The topological polar surface area (TPSA) is 92.8 Å². The highest BCUT2D eigenvalue weighted by Gasteiger charge is 2.25. The highest BCUT2D eigenvalue weighted by atomic mass is 32.2. The van der Waals surface area contributed by atoms with E-state index in [1.165, 1.54) is 16.4 Å². The summed E-state index contributed by atoms with van der Waals surface area (Å²) in [5.41, 5.74) is 0.458. The number of hydrogen-bond acceptors (Lipinski definition) is 5. The zero-order valence-electron chi connectivity index (χ0n) is 15.8. The third-order valence-corrected chi connectivity index (χ3v) is 6.35. The lowest BCUT2D eigenvalue weighted by Crippen LogP contribution is -2.31. The van der Waals surface area contributed by atoms with Crippen molar-refractivity contribution in [3.63, 3.8) is 0 Å². The van der Waals surface area contributed by atoms with Gasteiger partial charge in [-0.25, -0.2) is 8.42 Å². The van der Waals surface area contributed by atoms with Crippen LogP contribution in [-0.2, 0) is 24.3 Å². The summed E-state index contributed by atoms with van der Waals surface area (Å²) in [6, 6.07) is 6.06. The van der Waals surface area contributed by atoms with Crippen LogP contribution < -0.4 is 5.32 Å². The van der Waals surface area contributed by atoms with Gasteiger partial charge in [0.25, 0.3) is 5.91 Å². The second kappa shape index (κ2) is 10.4. The molecule has 8 heteroatoms. The molecule has 1 aromatic carbocycles. The number of sulfonamides is 1. The Labute approximate surface area is 161 Å². The number of hydrogen-bond donors (Lipinski definition) is 1. The van der Waals surface area contributed by atoms with Crippen LogP contribution in [0.1, 0.15) is 51.9 Å². The number of unbranched alkanes of at least 4 members (excludes halogenated alkanes) is 1. The summed E-state index contributed by atoms with van der Waals surface area (Å²) in [6.45, 7) is 2.71. The zero-order chi connectivity index (χ0) is 19.7. The molecule has 0 saturated carbocycles. The quantitative estimate of drug-likeness (QED) is 0.682. The average Bonchev–Trinajstić information content (AvgIpc) is 2.95. The monoisotopic (exact) mass is 396 g/mol. The van der Waals surface area contributed by atoms with Crippen molar-refractivity contribution in [1.29, 1.82) is 0 Å². The lowest BCUT2D eigenvalue weighted by molar-refractivity contribution is -0.147. The first kappa shape index (κ1) is 21.4. The van der Waals surface area contributed by atoms with E-state index in [1.807, 2.05) is 6.92 Å². The zero-order valence-corrected chi connectivity index (χ0v) is 16.6. The van der Waals surface area contributed by atoms with E-state index >= 15 is 0 Å². The van der Waals surface area contributed by atoms with Crippen molar-refractivity contribution in [3.8, 4) is 0 Å². The molecule has 1 aliphatic heterocycles. The maximum atomic E-state index is 12.7. The minimum atomic E-state index is -3.51. The molecule has 2 rings (SSSR count). The second-order valence-electron chi connectivity index (χ2n) is 6.66. The first-order valence-corrected chi connectivity index (χ1v) is 10.9. The molecule has 0 aromatic heterocycles. The van der Waals surface area contributed by atoms with Gasteiger partial charge in [-0.3, -0.25) is 9.59 Å². The third-order valence-electron chi connectivity index (χ3n) is 4.44. The standard InChI is InChI=1S/C19H28N2O5S/c1-2-3-8-19(23)26-15-18(22)20-16-9-11-17(12-10-16)27(24,25)21-13-6-4-5-7-14-21/h9-12H,2-8,13-15H2,1H3,(H,20,22). The molecule has 1 aromatic rings. The van der Waals surface area contributed by atoms with Crippen LogP contribution in [0.25, 0.3) is 0 Å². The van der Waals surface area contributed by atoms with Gasteiger partial charge in [-0.15, -0.1) is 0 Å². The Hall–Kier alpha value is -1.93. The minimum absolute atomic E-state index is 0.216. The molecule has 150 valence electrons. The Kier molecular flexibility index (Phi) is 8.24. The number of amides is 1. The van der Waals surface area contributed by atoms with E-state index in [9.17, 15) is 18.0 Å². The van der Waals surface area contributed by atoms with Crippen LogP contribution in [0.4, 0.5) is 5.69 Å². The highest BCUT2D eigenvalue weighted by molar-refractivity contribution is 7.89. The molecule has 1 saturated heterocycles. The summed E-state index contributed by atoms with van der Waals surface area (Å²) in [4.78, 5) is 23.5. The molecule has 1 heterocycles. The van der Waals surface area contributed by atoms with Gasteiger partial charge in [-0.1, -0.05) is 26.2 Å².